The minimum absolute atomic E-state index is 0.167. The molecule has 94 valence electrons. The van der Waals surface area contributed by atoms with Crippen LogP contribution < -0.4 is 15.4 Å². The molecular formula is C13H15N3OS. The van der Waals surface area contributed by atoms with Crippen LogP contribution in [0.5, 0.6) is 5.75 Å². The molecule has 0 aliphatic carbocycles. The van der Waals surface area contributed by atoms with Crippen molar-refractivity contribution < 1.29 is 4.74 Å². The quantitative estimate of drug-likeness (QED) is 0.885. The average Bonchev–Trinajstić information content (AvgIpc) is 2.92. The summed E-state index contributed by atoms with van der Waals surface area (Å²) in [6, 6.07) is 8.03. The van der Waals surface area contributed by atoms with Crippen LogP contribution in [0.1, 0.15) is 5.01 Å². The maximum absolute atomic E-state index is 5.91. The largest absolute Gasteiger partial charge is 0.485 e. The van der Waals surface area contributed by atoms with Crippen LogP contribution in [0.2, 0.25) is 0 Å². The van der Waals surface area contributed by atoms with Crippen molar-refractivity contribution in [1.82, 2.24) is 10.3 Å². The van der Waals surface area contributed by atoms with E-state index in [1.165, 1.54) is 0 Å². The third-order valence-electron chi connectivity index (χ3n) is 2.83. The number of aromatic nitrogens is 1. The van der Waals surface area contributed by atoms with E-state index in [9.17, 15) is 0 Å². The smallest absolute Gasteiger partial charge is 0.142 e. The molecule has 0 saturated carbocycles. The highest BCUT2D eigenvalue weighted by Crippen LogP contribution is 2.27. The number of thiazole rings is 1. The molecule has 1 unspecified atom stereocenters. The summed E-state index contributed by atoms with van der Waals surface area (Å²) >= 11 is 1.67. The number of rotatable bonds is 4. The van der Waals surface area contributed by atoms with E-state index in [1.54, 1.807) is 11.3 Å². The first kappa shape index (κ1) is 11.5. The van der Waals surface area contributed by atoms with E-state index < -0.39 is 0 Å². The molecule has 2 aromatic rings. The SMILES string of the molecule is c1ccc2c(c1)NCC(CNCc1nccs1)O2. The molecule has 1 aromatic carbocycles. The summed E-state index contributed by atoms with van der Waals surface area (Å²) in [7, 11) is 0. The Balaban J connectivity index is 1.51. The van der Waals surface area contributed by atoms with Gasteiger partial charge in [0.05, 0.1) is 12.2 Å². The predicted molar refractivity (Wildman–Crippen MR) is 73.2 cm³/mol. The summed E-state index contributed by atoms with van der Waals surface area (Å²) in [5.74, 6) is 0.935. The molecule has 1 atom stereocenters. The van der Waals surface area contributed by atoms with E-state index in [0.717, 1.165) is 36.1 Å². The van der Waals surface area contributed by atoms with Crippen molar-refractivity contribution in [3.8, 4) is 5.75 Å². The third kappa shape index (κ3) is 2.63. The topological polar surface area (TPSA) is 46.2 Å². The van der Waals surface area contributed by atoms with E-state index in [0.29, 0.717) is 0 Å². The molecule has 2 N–H and O–H groups in total. The molecule has 4 nitrogen and oxygen atoms in total. The van der Waals surface area contributed by atoms with E-state index in [-0.39, 0.29) is 6.10 Å². The lowest BCUT2D eigenvalue weighted by atomic mass is 10.2. The lowest BCUT2D eigenvalue weighted by molar-refractivity contribution is 0.201. The first-order valence-electron chi connectivity index (χ1n) is 6.00. The first-order chi connectivity index (χ1) is 8.92. The van der Waals surface area contributed by atoms with Crippen LogP contribution in [0.15, 0.2) is 35.8 Å². The second-order valence-electron chi connectivity index (χ2n) is 4.17. The summed E-state index contributed by atoms with van der Waals surface area (Å²) in [5.41, 5.74) is 1.08. The van der Waals surface area contributed by atoms with Crippen LogP contribution in [-0.2, 0) is 6.54 Å². The van der Waals surface area contributed by atoms with Gasteiger partial charge in [-0.15, -0.1) is 11.3 Å². The average molecular weight is 261 g/mol. The van der Waals surface area contributed by atoms with Gasteiger partial charge in [-0.3, -0.25) is 0 Å². The highest BCUT2D eigenvalue weighted by molar-refractivity contribution is 7.09. The minimum Gasteiger partial charge on any atom is -0.485 e. The molecule has 0 spiro atoms. The van der Waals surface area contributed by atoms with Crippen LogP contribution >= 0.6 is 11.3 Å². The zero-order valence-electron chi connectivity index (χ0n) is 9.93. The van der Waals surface area contributed by atoms with Gasteiger partial charge >= 0.3 is 0 Å². The summed E-state index contributed by atoms with van der Waals surface area (Å²) in [6.07, 6.45) is 2.00. The molecule has 0 amide bonds. The van der Waals surface area contributed by atoms with Gasteiger partial charge in [-0.2, -0.15) is 0 Å². The Hall–Kier alpha value is -1.59. The zero-order chi connectivity index (χ0) is 12.2. The number of hydrogen-bond acceptors (Lipinski definition) is 5. The second-order valence-corrected chi connectivity index (χ2v) is 5.15. The van der Waals surface area contributed by atoms with Crippen LogP contribution in [0.3, 0.4) is 0 Å². The van der Waals surface area contributed by atoms with E-state index in [2.05, 4.69) is 15.6 Å². The molecule has 2 heterocycles. The number of fused-ring (bicyclic) bond motifs is 1. The van der Waals surface area contributed by atoms with Crippen molar-refractivity contribution in [1.29, 1.82) is 0 Å². The van der Waals surface area contributed by atoms with E-state index in [1.807, 2.05) is 35.8 Å². The van der Waals surface area contributed by atoms with Crippen molar-refractivity contribution in [2.24, 2.45) is 0 Å². The fourth-order valence-corrected chi connectivity index (χ4v) is 2.54. The number of hydrogen-bond donors (Lipinski definition) is 2. The second kappa shape index (κ2) is 5.37. The molecule has 1 aliphatic rings. The van der Waals surface area contributed by atoms with Crippen molar-refractivity contribution in [2.75, 3.05) is 18.4 Å². The van der Waals surface area contributed by atoms with Crippen molar-refractivity contribution in [2.45, 2.75) is 12.6 Å². The Kier molecular flexibility index (Phi) is 3.43. The Bertz CT molecular complexity index is 501. The van der Waals surface area contributed by atoms with E-state index in [4.69, 9.17) is 4.74 Å². The molecule has 18 heavy (non-hydrogen) atoms. The lowest BCUT2D eigenvalue weighted by Gasteiger charge is -2.27. The Morgan fingerprint density at radius 2 is 2.39 bits per heavy atom. The van der Waals surface area contributed by atoms with Gasteiger partial charge < -0.3 is 15.4 Å². The highest BCUT2D eigenvalue weighted by atomic mass is 32.1. The predicted octanol–water partition coefficient (Wildman–Crippen LogP) is 2.11. The number of anilines is 1. The minimum atomic E-state index is 0.167. The summed E-state index contributed by atoms with van der Waals surface area (Å²) in [5, 5.41) is 9.85. The van der Waals surface area contributed by atoms with Gasteiger partial charge in [0, 0.05) is 24.7 Å². The summed E-state index contributed by atoms with van der Waals surface area (Å²) in [4.78, 5) is 4.23. The lowest BCUT2D eigenvalue weighted by Crippen LogP contribution is -2.39. The van der Waals surface area contributed by atoms with Gasteiger partial charge in [-0.1, -0.05) is 12.1 Å². The monoisotopic (exact) mass is 261 g/mol. The number of para-hydroxylation sites is 2. The van der Waals surface area contributed by atoms with Crippen LogP contribution in [-0.4, -0.2) is 24.2 Å². The summed E-state index contributed by atoms with van der Waals surface area (Å²) in [6.45, 7) is 2.46. The van der Waals surface area contributed by atoms with Gasteiger partial charge in [-0.05, 0) is 12.1 Å². The molecular weight excluding hydrogens is 246 g/mol. The number of benzene rings is 1. The standard InChI is InChI=1S/C13H15N3OS/c1-2-4-12-11(3-1)16-8-10(17-12)7-14-9-13-15-5-6-18-13/h1-6,10,14,16H,7-9H2. The normalized spacial score (nSPS) is 17.7. The van der Waals surface area contributed by atoms with Crippen molar-refractivity contribution in [3.63, 3.8) is 0 Å². The summed E-state index contributed by atoms with van der Waals surface area (Å²) < 4.78 is 5.91. The zero-order valence-corrected chi connectivity index (χ0v) is 10.7. The number of nitrogens with one attached hydrogen (secondary N) is 2. The molecule has 1 aromatic heterocycles. The fourth-order valence-electron chi connectivity index (χ4n) is 1.95. The molecule has 3 rings (SSSR count). The van der Waals surface area contributed by atoms with Gasteiger partial charge in [0.15, 0.2) is 0 Å². The van der Waals surface area contributed by atoms with Crippen molar-refractivity contribution in [3.05, 3.63) is 40.8 Å². The number of ether oxygens (including phenoxy) is 1. The van der Waals surface area contributed by atoms with Crippen LogP contribution in [0.25, 0.3) is 0 Å². The molecule has 0 fully saturated rings. The van der Waals surface area contributed by atoms with Crippen molar-refractivity contribution >= 4 is 17.0 Å². The molecule has 1 aliphatic heterocycles. The van der Waals surface area contributed by atoms with Gasteiger partial charge in [0.1, 0.15) is 16.9 Å². The third-order valence-corrected chi connectivity index (χ3v) is 3.61. The Labute approximate surface area is 110 Å². The maximum atomic E-state index is 5.91. The Morgan fingerprint density at radius 3 is 3.28 bits per heavy atom. The Morgan fingerprint density at radius 1 is 1.44 bits per heavy atom. The van der Waals surface area contributed by atoms with Gasteiger partial charge in [0.2, 0.25) is 0 Å². The van der Waals surface area contributed by atoms with Gasteiger partial charge in [-0.25, -0.2) is 4.98 Å². The maximum Gasteiger partial charge on any atom is 0.142 e. The van der Waals surface area contributed by atoms with Crippen LogP contribution in [0, 0.1) is 0 Å². The molecule has 0 radical (unpaired) electrons. The molecule has 0 saturated heterocycles. The molecule has 0 bridgehead atoms. The van der Waals surface area contributed by atoms with E-state index >= 15 is 0 Å². The van der Waals surface area contributed by atoms with Crippen LogP contribution in [0.4, 0.5) is 5.69 Å². The number of nitrogens with zero attached hydrogens (tertiary/aromatic N) is 1. The highest BCUT2D eigenvalue weighted by Gasteiger charge is 2.18. The first-order valence-corrected chi connectivity index (χ1v) is 6.88. The fraction of sp³-hybridized carbons (Fsp3) is 0.308. The van der Waals surface area contributed by atoms with Gasteiger partial charge in [0.25, 0.3) is 0 Å². The molecule has 5 heteroatoms.